The fraction of sp³-hybridized carbons (Fsp3) is 0.250. The third-order valence-corrected chi connectivity index (χ3v) is 2.02. The minimum atomic E-state index is -0.364. The molecule has 0 aliphatic rings. The number of carbonyl (C=O) groups is 1. The lowest BCUT2D eigenvalue weighted by molar-refractivity contribution is 0.0526. The summed E-state index contributed by atoms with van der Waals surface area (Å²) in [5.41, 5.74) is 7.35. The summed E-state index contributed by atoms with van der Waals surface area (Å²) in [6.45, 7) is 2.11. The predicted molar refractivity (Wildman–Crippen MR) is 67.5 cm³/mol. The molecule has 0 saturated heterocycles. The molecule has 0 radical (unpaired) electrons. The molecular formula is C12H13NO2S. The van der Waals surface area contributed by atoms with Crippen molar-refractivity contribution in [2.75, 3.05) is 18.1 Å². The van der Waals surface area contributed by atoms with Gasteiger partial charge in [-0.1, -0.05) is 11.8 Å². The van der Waals surface area contributed by atoms with Crippen LogP contribution in [0.15, 0.2) is 18.2 Å². The van der Waals surface area contributed by atoms with Gasteiger partial charge in [0.1, 0.15) is 0 Å². The minimum absolute atomic E-state index is 0.348. The van der Waals surface area contributed by atoms with Gasteiger partial charge in [0.25, 0.3) is 0 Å². The Morgan fingerprint density at radius 3 is 2.94 bits per heavy atom. The van der Waals surface area contributed by atoms with Crippen LogP contribution in [0.2, 0.25) is 0 Å². The number of carbonyl (C=O) groups excluding carboxylic acids is 1. The summed E-state index contributed by atoms with van der Waals surface area (Å²) in [6.07, 6.45) is 0. The normalized spacial score (nSPS) is 9.12. The Labute approximate surface area is 100 Å². The molecule has 0 amide bonds. The van der Waals surface area contributed by atoms with Crippen molar-refractivity contribution in [2.45, 2.75) is 6.92 Å². The van der Waals surface area contributed by atoms with E-state index in [2.05, 4.69) is 24.5 Å². The van der Waals surface area contributed by atoms with Gasteiger partial charge in [-0.3, -0.25) is 0 Å². The Hall–Kier alpha value is -1.60. The highest BCUT2D eigenvalue weighted by atomic mass is 32.1. The Balaban J connectivity index is 3.02. The Morgan fingerprint density at radius 1 is 1.56 bits per heavy atom. The summed E-state index contributed by atoms with van der Waals surface area (Å²) >= 11 is 3.98. The van der Waals surface area contributed by atoms with Gasteiger partial charge in [-0.15, -0.1) is 0 Å². The van der Waals surface area contributed by atoms with E-state index < -0.39 is 0 Å². The van der Waals surface area contributed by atoms with Crippen LogP contribution < -0.4 is 5.73 Å². The van der Waals surface area contributed by atoms with Gasteiger partial charge in [0.15, 0.2) is 0 Å². The highest BCUT2D eigenvalue weighted by Crippen LogP contribution is 2.13. The molecule has 3 nitrogen and oxygen atoms in total. The molecule has 4 heteroatoms. The first-order valence-electron chi connectivity index (χ1n) is 4.85. The van der Waals surface area contributed by atoms with Crippen LogP contribution in [-0.2, 0) is 4.74 Å². The lowest BCUT2D eigenvalue weighted by Crippen LogP contribution is -2.05. The van der Waals surface area contributed by atoms with Gasteiger partial charge in [0.05, 0.1) is 17.9 Å². The molecule has 0 saturated carbocycles. The van der Waals surface area contributed by atoms with Crippen molar-refractivity contribution in [1.82, 2.24) is 0 Å². The zero-order valence-corrected chi connectivity index (χ0v) is 9.88. The quantitative estimate of drug-likeness (QED) is 0.355. The van der Waals surface area contributed by atoms with Gasteiger partial charge in [0.2, 0.25) is 0 Å². The van der Waals surface area contributed by atoms with E-state index in [1.54, 1.807) is 25.1 Å². The fourth-order valence-corrected chi connectivity index (χ4v) is 1.22. The first-order chi connectivity index (χ1) is 7.69. The molecule has 0 bridgehead atoms. The Bertz CT molecular complexity index is 446. The standard InChI is InChI=1S/C12H13NO2S/c1-2-15-12(14)10-5-6-11(13)9(8-10)4-3-7-16/h5-6,8,16H,2,7,13H2,1H3. The van der Waals surface area contributed by atoms with Crippen molar-refractivity contribution in [3.05, 3.63) is 29.3 Å². The number of hydrogen-bond donors (Lipinski definition) is 2. The summed E-state index contributed by atoms with van der Waals surface area (Å²) < 4.78 is 4.88. The number of anilines is 1. The van der Waals surface area contributed by atoms with Gasteiger partial charge in [-0.25, -0.2) is 4.79 Å². The smallest absolute Gasteiger partial charge is 0.338 e. The molecule has 84 valence electrons. The number of hydrogen-bond acceptors (Lipinski definition) is 4. The number of benzene rings is 1. The third kappa shape index (κ3) is 3.21. The number of nitrogen functional groups attached to an aromatic ring is 1. The molecule has 0 spiro atoms. The molecule has 1 aromatic rings. The van der Waals surface area contributed by atoms with Gasteiger partial charge in [-0.05, 0) is 25.1 Å². The second-order valence-corrected chi connectivity index (χ2v) is 3.30. The monoisotopic (exact) mass is 235 g/mol. The van der Waals surface area contributed by atoms with Crippen molar-refractivity contribution in [3.63, 3.8) is 0 Å². The summed E-state index contributed by atoms with van der Waals surface area (Å²) in [5.74, 6) is 5.71. The van der Waals surface area contributed by atoms with Crippen LogP contribution >= 0.6 is 12.6 Å². The van der Waals surface area contributed by atoms with Crippen molar-refractivity contribution < 1.29 is 9.53 Å². The van der Waals surface area contributed by atoms with E-state index in [9.17, 15) is 4.79 Å². The van der Waals surface area contributed by atoms with Gasteiger partial charge < -0.3 is 10.5 Å². The molecule has 0 aliphatic carbocycles. The largest absolute Gasteiger partial charge is 0.462 e. The SMILES string of the molecule is CCOC(=O)c1ccc(N)c(C#CCS)c1. The van der Waals surface area contributed by atoms with Crippen molar-refractivity contribution in [2.24, 2.45) is 0 Å². The van der Waals surface area contributed by atoms with Gasteiger partial charge in [-0.2, -0.15) is 12.6 Å². The predicted octanol–water partition coefficient (Wildman–Crippen LogP) is 1.73. The van der Waals surface area contributed by atoms with Crippen LogP contribution in [0.1, 0.15) is 22.8 Å². The van der Waals surface area contributed by atoms with Gasteiger partial charge >= 0.3 is 5.97 Å². The maximum atomic E-state index is 11.5. The van der Waals surface area contributed by atoms with Gasteiger partial charge in [0, 0.05) is 11.3 Å². The zero-order valence-electron chi connectivity index (χ0n) is 8.99. The lowest BCUT2D eigenvalue weighted by Gasteiger charge is -2.03. The molecule has 0 aliphatic heterocycles. The molecule has 16 heavy (non-hydrogen) atoms. The van der Waals surface area contributed by atoms with Crippen molar-refractivity contribution in [3.8, 4) is 11.8 Å². The second kappa shape index (κ2) is 6.09. The first kappa shape index (κ1) is 12.5. The van der Waals surface area contributed by atoms with Crippen LogP contribution in [0.3, 0.4) is 0 Å². The Kier molecular flexibility index (Phi) is 4.74. The molecule has 0 aromatic heterocycles. The number of nitrogens with two attached hydrogens (primary N) is 1. The van der Waals surface area contributed by atoms with E-state index in [4.69, 9.17) is 10.5 Å². The van der Waals surface area contributed by atoms with Crippen molar-refractivity contribution in [1.29, 1.82) is 0 Å². The highest BCUT2D eigenvalue weighted by Gasteiger charge is 2.07. The van der Waals surface area contributed by atoms with E-state index in [0.717, 1.165) is 0 Å². The molecule has 0 fully saturated rings. The topological polar surface area (TPSA) is 52.3 Å². The third-order valence-electron chi connectivity index (χ3n) is 1.87. The van der Waals surface area contributed by atoms with E-state index in [0.29, 0.717) is 29.2 Å². The highest BCUT2D eigenvalue weighted by molar-refractivity contribution is 7.80. The molecule has 2 N–H and O–H groups in total. The fourth-order valence-electron chi connectivity index (χ4n) is 1.14. The van der Waals surface area contributed by atoms with E-state index in [1.165, 1.54) is 0 Å². The lowest BCUT2D eigenvalue weighted by atomic mass is 10.1. The Morgan fingerprint density at radius 2 is 2.31 bits per heavy atom. The summed E-state index contributed by atoms with van der Waals surface area (Å²) in [6, 6.07) is 4.90. The number of rotatable bonds is 2. The van der Waals surface area contributed by atoms with Crippen LogP contribution in [0.25, 0.3) is 0 Å². The minimum Gasteiger partial charge on any atom is -0.462 e. The first-order valence-corrected chi connectivity index (χ1v) is 5.48. The molecular weight excluding hydrogens is 222 g/mol. The number of thiol groups is 1. The number of ether oxygens (including phenoxy) is 1. The average Bonchev–Trinajstić information content (AvgIpc) is 2.28. The molecule has 1 rings (SSSR count). The molecule has 0 unspecified atom stereocenters. The summed E-state index contributed by atoms with van der Waals surface area (Å²) in [4.78, 5) is 11.5. The van der Waals surface area contributed by atoms with E-state index in [1.807, 2.05) is 0 Å². The van der Waals surface area contributed by atoms with E-state index in [-0.39, 0.29) is 5.97 Å². The maximum absolute atomic E-state index is 11.5. The summed E-state index contributed by atoms with van der Waals surface area (Å²) in [5, 5.41) is 0. The molecule has 1 aromatic carbocycles. The van der Waals surface area contributed by atoms with Crippen LogP contribution in [0.4, 0.5) is 5.69 Å². The van der Waals surface area contributed by atoms with Crippen LogP contribution in [0, 0.1) is 11.8 Å². The zero-order chi connectivity index (χ0) is 12.0. The van der Waals surface area contributed by atoms with E-state index >= 15 is 0 Å². The van der Waals surface area contributed by atoms with Crippen LogP contribution in [0.5, 0.6) is 0 Å². The maximum Gasteiger partial charge on any atom is 0.338 e. The average molecular weight is 235 g/mol. The molecule has 0 atom stereocenters. The van der Waals surface area contributed by atoms with Crippen molar-refractivity contribution >= 4 is 24.3 Å². The summed E-state index contributed by atoms with van der Waals surface area (Å²) in [7, 11) is 0. The molecule has 0 heterocycles. The second-order valence-electron chi connectivity index (χ2n) is 2.98. The van der Waals surface area contributed by atoms with Crippen LogP contribution in [-0.4, -0.2) is 18.3 Å². The number of esters is 1.